The molecule has 256 valence electrons. The molecular formula is C51H35IN2. The van der Waals surface area contributed by atoms with E-state index in [0.717, 1.165) is 41.0 Å². The van der Waals surface area contributed by atoms with E-state index in [0.29, 0.717) is 0 Å². The maximum absolute atomic E-state index is 5.37. The van der Waals surface area contributed by atoms with Crippen molar-refractivity contribution in [3.63, 3.8) is 0 Å². The van der Waals surface area contributed by atoms with Crippen LogP contribution in [0, 0.1) is 0 Å². The third-order valence-electron chi connectivity index (χ3n) is 9.63. The highest BCUT2D eigenvalue weighted by atomic mass is 127. The van der Waals surface area contributed by atoms with E-state index >= 15 is 0 Å². The van der Waals surface area contributed by atoms with Crippen molar-refractivity contribution in [1.29, 1.82) is 0 Å². The highest BCUT2D eigenvalue weighted by Gasteiger charge is 2.20. The second-order valence-electron chi connectivity index (χ2n) is 13.2. The van der Waals surface area contributed by atoms with Gasteiger partial charge in [0.2, 0.25) is 0 Å². The van der Waals surface area contributed by atoms with Gasteiger partial charge in [-0.3, -0.25) is 0 Å². The Balaban J connectivity index is 1.29. The lowest BCUT2D eigenvalue weighted by Crippen LogP contribution is -2.11. The van der Waals surface area contributed by atoms with Gasteiger partial charge in [-0.25, -0.2) is 9.98 Å². The minimum atomic E-state index is -0.719. The zero-order valence-corrected chi connectivity index (χ0v) is 31.6. The molecule has 3 heteroatoms. The molecule has 1 heterocycles. The second-order valence-corrected chi connectivity index (χ2v) is 15.7. The Bertz CT molecular complexity index is 2620. The summed E-state index contributed by atoms with van der Waals surface area (Å²) in [7, 11) is 0. The molecule has 9 rings (SSSR count). The lowest BCUT2D eigenvalue weighted by Gasteiger charge is -2.19. The second kappa shape index (κ2) is 15.4. The van der Waals surface area contributed by atoms with Crippen LogP contribution in [0.2, 0.25) is 0 Å². The summed E-state index contributed by atoms with van der Waals surface area (Å²) < 4.78 is 2.22. The van der Waals surface area contributed by atoms with E-state index in [-0.39, 0.29) is 0 Å². The molecule has 0 spiro atoms. The summed E-state index contributed by atoms with van der Waals surface area (Å²) in [6.45, 7) is 0. The number of hydrogen-bond acceptors (Lipinski definition) is 2. The zero-order chi connectivity index (χ0) is 36.1. The van der Waals surface area contributed by atoms with Crippen molar-refractivity contribution >= 4 is 33.9 Å². The first kappa shape index (κ1) is 33.5. The van der Waals surface area contributed by atoms with E-state index in [9.17, 15) is 0 Å². The number of aliphatic imine (C=N–C) groups is 2. The molecule has 0 radical (unpaired) electrons. The van der Waals surface area contributed by atoms with Crippen LogP contribution in [-0.2, 0) is 0 Å². The maximum Gasteiger partial charge on any atom is 0.161 e. The van der Waals surface area contributed by atoms with Crippen LogP contribution in [0.1, 0.15) is 16.7 Å². The predicted molar refractivity (Wildman–Crippen MR) is 238 cm³/mol. The molecule has 1 aliphatic rings. The van der Waals surface area contributed by atoms with Crippen LogP contribution in [0.3, 0.4) is 0 Å². The Morgan fingerprint density at radius 2 is 0.704 bits per heavy atom. The highest BCUT2D eigenvalue weighted by molar-refractivity contribution is 14.2. The third kappa shape index (κ3) is 7.06. The third-order valence-corrected chi connectivity index (χ3v) is 12.4. The van der Waals surface area contributed by atoms with Crippen LogP contribution in [-0.4, -0.2) is 13.2 Å². The topological polar surface area (TPSA) is 24.7 Å². The molecule has 1 aliphatic heterocycles. The first-order valence-electron chi connectivity index (χ1n) is 18.1. The molecule has 0 unspecified atom stereocenters. The summed E-state index contributed by atoms with van der Waals surface area (Å²) in [5, 5.41) is 0. The summed E-state index contributed by atoms with van der Waals surface area (Å²) in [5.41, 5.74) is 15.1. The van der Waals surface area contributed by atoms with Crippen LogP contribution in [0.4, 0.5) is 0 Å². The minimum Gasteiger partial charge on any atom is -0.222 e. The fourth-order valence-electron chi connectivity index (χ4n) is 7.01. The van der Waals surface area contributed by atoms with E-state index in [2.05, 4.69) is 206 Å². The summed E-state index contributed by atoms with van der Waals surface area (Å²) in [4.78, 5) is 10.6. The molecule has 0 bridgehead atoms. The SMILES string of the molecule is c1ccc(C2=NC(c3ccccc3)=IC(c3cc(-c4cccc(-c5ccccc5)c4)cc(-c4cccc(-c5ccccc5)c4-c4ccccc4)c3)=N2)cc1. The van der Waals surface area contributed by atoms with Gasteiger partial charge < -0.3 is 0 Å². The van der Waals surface area contributed by atoms with Crippen LogP contribution >= 0.6 is 20.7 Å². The minimum absolute atomic E-state index is 0.719. The number of rotatable bonds is 8. The zero-order valence-electron chi connectivity index (χ0n) is 29.5. The summed E-state index contributed by atoms with van der Waals surface area (Å²) in [5.74, 6) is 0.754. The first-order chi connectivity index (χ1) is 26.8. The largest absolute Gasteiger partial charge is 0.222 e. The summed E-state index contributed by atoms with van der Waals surface area (Å²) in [6, 6.07) is 75.8. The normalized spacial score (nSPS) is 12.6. The average Bonchev–Trinajstić information content (AvgIpc) is 3.27. The van der Waals surface area contributed by atoms with Crippen molar-refractivity contribution in [3.05, 3.63) is 229 Å². The van der Waals surface area contributed by atoms with Crippen molar-refractivity contribution in [2.24, 2.45) is 9.98 Å². The Morgan fingerprint density at radius 3 is 1.33 bits per heavy atom. The molecule has 0 saturated carbocycles. The number of halogens is 1. The molecule has 0 N–H and O–H groups in total. The predicted octanol–water partition coefficient (Wildman–Crippen LogP) is 13.4. The fourth-order valence-corrected chi connectivity index (χ4v) is 9.49. The molecule has 0 saturated heterocycles. The van der Waals surface area contributed by atoms with Gasteiger partial charge in [-0.05, 0) is 101 Å². The van der Waals surface area contributed by atoms with Crippen molar-refractivity contribution in [3.8, 4) is 55.6 Å². The molecule has 0 atom stereocenters. The molecule has 2 nitrogen and oxygen atoms in total. The van der Waals surface area contributed by atoms with Crippen LogP contribution in [0.15, 0.2) is 222 Å². The number of amidine groups is 1. The van der Waals surface area contributed by atoms with E-state index in [1.165, 1.54) is 44.5 Å². The van der Waals surface area contributed by atoms with Gasteiger partial charge in [0, 0.05) is 16.7 Å². The van der Waals surface area contributed by atoms with Gasteiger partial charge in [-0.15, -0.1) is 0 Å². The van der Waals surface area contributed by atoms with Crippen LogP contribution in [0.5, 0.6) is 0 Å². The number of nitrogens with zero attached hydrogens (tertiary/aromatic N) is 2. The van der Waals surface area contributed by atoms with Gasteiger partial charge in [-0.1, -0.05) is 188 Å². The van der Waals surface area contributed by atoms with Crippen molar-refractivity contribution in [2.45, 2.75) is 0 Å². The Labute approximate surface area is 326 Å². The molecule has 8 aromatic rings. The molecule has 0 amide bonds. The lowest BCUT2D eigenvalue weighted by atomic mass is 9.86. The van der Waals surface area contributed by atoms with E-state index in [1.54, 1.807) is 0 Å². The maximum atomic E-state index is 5.37. The molecular weight excluding hydrogens is 767 g/mol. The first-order valence-corrected chi connectivity index (χ1v) is 20.3. The Morgan fingerprint density at radius 1 is 0.278 bits per heavy atom. The summed E-state index contributed by atoms with van der Waals surface area (Å²) >= 11 is -0.719. The molecule has 0 fully saturated rings. The van der Waals surface area contributed by atoms with Gasteiger partial charge in [0.25, 0.3) is 0 Å². The van der Waals surface area contributed by atoms with Gasteiger partial charge in [0.05, 0.1) is 0 Å². The fraction of sp³-hybridized carbons (Fsp3) is 0. The van der Waals surface area contributed by atoms with Crippen molar-refractivity contribution in [1.82, 2.24) is 0 Å². The Hall–Kier alpha value is -6.30. The average molecular weight is 803 g/mol. The molecule has 0 aromatic heterocycles. The van der Waals surface area contributed by atoms with Gasteiger partial charge >= 0.3 is 0 Å². The molecule has 0 aliphatic carbocycles. The lowest BCUT2D eigenvalue weighted by molar-refractivity contribution is 1.50. The number of hydrogen-bond donors (Lipinski definition) is 0. The van der Waals surface area contributed by atoms with Crippen molar-refractivity contribution < 1.29 is 0 Å². The molecule has 8 aromatic carbocycles. The summed E-state index contributed by atoms with van der Waals surface area (Å²) in [6.07, 6.45) is 0. The van der Waals surface area contributed by atoms with Crippen LogP contribution < -0.4 is 0 Å². The Kier molecular flexibility index (Phi) is 9.53. The van der Waals surface area contributed by atoms with Gasteiger partial charge in [-0.2, -0.15) is 0 Å². The van der Waals surface area contributed by atoms with E-state index < -0.39 is 20.7 Å². The highest BCUT2D eigenvalue weighted by Crippen LogP contribution is 2.42. The van der Waals surface area contributed by atoms with E-state index in [4.69, 9.17) is 9.98 Å². The quantitative estimate of drug-likeness (QED) is 0.137. The molecule has 54 heavy (non-hydrogen) atoms. The smallest absolute Gasteiger partial charge is 0.161 e. The van der Waals surface area contributed by atoms with Crippen molar-refractivity contribution in [2.75, 3.05) is 0 Å². The van der Waals surface area contributed by atoms with Gasteiger partial charge in [0.1, 0.15) is 7.35 Å². The van der Waals surface area contributed by atoms with Gasteiger partial charge in [0.15, 0.2) is 5.84 Å². The monoisotopic (exact) mass is 802 g/mol. The van der Waals surface area contributed by atoms with Crippen LogP contribution in [0.25, 0.3) is 55.6 Å². The van der Waals surface area contributed by atoms with E-state index in [1.807, 2.05) is 6.07 Å². The standard InChI is InChI=1S/C51H35IN2/c1-6-18-36(19-7-1)41-28-16-29-42(32-41)43-33-44(47-31-17-30-46(37-20-8-2-9-21-37)48(47)38-22-10-3-11-23-38)35-45(34-43)50-52-49(39-24-12-4-13-25-39)53-51(54-50)40-26-14-5-15-27-40/h1-35H. The number of benzene rings is 8.